The number of aromatic nitrogens is 2. The quantitative estimate of drug-likeness (QED) is 0.699. The van der Waals surface area contributed by atoms with Gasteiger partial charge in [0.05, 0.1) is 6.33 Å². The van der Waals surface area contributed by atoms with Crippen molar-refractivity contribution in [3.05, 3.63) is 18.2 Å². The van der Waals surface area contributed by atoms with E-state index < -0.39 is 0 Å². The zero-order valence-electron chi connectivity index (χ0n) is 8.75. The lowest BCUT2D eigenvalue weighted by Gasteiger charge is -2.11. The van der Waals surface area contributed by atoms with E-state index in [2.05, 4.69) is 35.6 Å². The fourth-order valence-corrected chi connectivity index (χ4v) is 1.38. The second-order valence-electron chi connectivity index (χ2n) is 3.49. The molecule has 0 bridgehead atoms. The van der Waals surface area contributed by atoms with Crippen molar-refractivity contribution in [2.75, 3.05) is 13.1 Å². The molecule has 74 valence electrons. The average molecular weight is 181 g/mol. The van der Waals surface area contributed by atoms with E-state index in [1.54, 1.807) is 0 Å². The lowest BCUT2D eigenvalue weighted by atomic mass is 10.3. The highest BCUT2D eigenvalue weighted by atomic mass is 15.1. The van der Waals surface area contributed by atoms with E-state index in [0.29, 0.717) is 6.04 Å². The highest BCUT2D eigenvalue weighted by molar-refractivity contribution is 5.00. The minimum absolute atomic E-state index is 0.513. The summed E-state index contributed by atoms with van der Waals surface area (Å²) in [6.45, 7) is 8.56. The Morgan fingerprint density at radius 2 is 2.31 bits per heavy atom. The van der Waals surface area contributed by atoms with Crippen LogP contribution in [0.4, 0.5) is 0 Å². The highest BCUT2D eigenvalue weighted by Gasteiger charge is 2.03. The van der Waals surface area contributed by atoms with Gasteiger partial charge in [0.25, 0.3) is 0 Å². The Labute approximate surface area is 80.2 Å². The van der Waals surface area contributed by atoms with Gasteiger partial charge in [-0.15, -0.1) is 0 Å². The van der Waals surface area contributed by atoms with Gasteiger partial charge < -0.3 is 9.88 Å². The van der Waals surface area contributed by atoms with Crippen LogP contribution < -0.4 is 5.32 Å². The molecule has 1 N–H and O–H groups in total. The van der Waals surface area contributed by atoms with Gasteiger partial charge in [-0.3, -0.25) is 0 Å². The molecule has 0 unspecified atom stereocenters. The molecule has 0 radical (unpaired) electrons. The summed E-state index contributed by atoms with van der Waals surface area (Å²) in [5.74, 6) is 0. The first-order chi connectivity index (χ1) is 6.25. The molecule has 0 spiro atoms. The first-order valence-corrected chi connectivity index (χ1v) is 4.97. The van der Waals surface area contributed by atoms with Gasteiger partial charge in [-0.2, -0.15) is 0 Å². The molecule has 1 aromatic rings. The fraction of sp³-hybridized carbons (Fsp3) is 0.700. The Hall–Kier alpha value is -0.830. The van der Waals surface area contributed by atoms with Gasteiger partial charge in [-0.1, -0.05) is 6.92 Å². The van der Waals surface area contributed by atoms with E-state index >= 15 is 0 Å². The predicted molar refractivity (Wildman–Crippen MR) is 54.9 cm³/mol. The van der Waals surface area contributed by atoms with Crippen molar-refractivity contribution in [2.45, 2.75) is 33.2 Å². The number of imidazole rings is 1. The first-order valence-electron chi connectivity index (χ1n) is 4.97. The summed E-state index contributed by atoms with van der Waals surface area (Å²) in [6.07, 6.45) is 4.93. The van der Waals surface area contributed by atoms with E-state index in [4.69, 9.17) is 0 Å². The number of nitrogens with one attached hydrogen (secondary N) is 1. The van der Waals surface area contributed by atoms with Crippen molar-refractivity contribution in [1.82, 2.24) is 14.9 Å². The van der Waals surface area contributed by atoms with Crippen LogP contribution in [0.3, 0.4) is 0 Å². The van der Waals surface area contributed by atoms with Gasteiger partial charge in [0, 0.05) is 30.9 Å². The van der Waals surface area contributed by atoms with Gasteiger partial charge in [0.1, 0.15) is 0 Å². The topological polar surface area (TPSA) is 29.9 Å². The van der Waals surface area contributed by atoms with Crippen molar-refractivity contribution >= 4 is 0 Å². The van der Waals surface area contributed by atoms with Gasteiger partial charge in [0.2, 0.25) is 0 Å². The summed E-state index contributed by atoms with van der Waals surface area (Å²) in [7, 11) is 0. The van der Waals surface area contributed by atoms with Gasteiger partial charge in [-0.05, 0) is 20.4 Å². The smallest absolute Gasteiger partial charge is 0.0950 e. The van der Waals surface area contributed by atoms with Crippen molar-refractivity contribution in [3.63, 3.8) is 0 Å². The van der Waals surface area contributed by atoms with Crippen LogP contribution in [0.5, 0.6) is 0 Å². The normalized spacial score (nSPS) is 11.1. The molecule has 0 aliphatic carbocycles. The Bertz CT molecular complexity index is 240. The molecule has 0 saturated heterocycles. The number of likely N-dealkylation sites (N-methyl/N-ethyl adjacent to an activating group) is 1. The van der Waals surface area contributed by atoms with Crippen molar-refractivity contribution in [3.8, 4) is 0 Å². The van der Waals surface area contributed by atoms with E-state index in [0.717, 1.165) is 19.5 Å². The van der Waals surface area contributed by atoms with Crippen molar-refractivity contribution < 1.29 is 0 Å². The van der Waals surface area contributed by atoms with Gasteiger partial charge in [-0.25, -0.2) is 4.98 Å². The summed E-state index contributed by atoms with van der Waals surface area (Å²) < 4.78 is 2.22. The largest absolute Gasteiger partial charge is 0.332 e. The Morgan fingerprint density at radius 3 is 2.92 bits per heavy atom. The number of hydrogen-bond acceptors (Lipinski definition) is 2. The summed E-state index contributed by atoms with van der Waals surface area (Å²) in [6, 6.07) is 0.513. The molecule has 13 heavy (non-hydrogen) atoms. The lowest BCUT2D eigenvalue weighted by Crippen LogP contribution is -2.18. The van der Waals surface area contributed by atoms with Crippen LogP contribution in [0.15, 0.2) is 12.5 Å². The summed E-state index contributed by atoms with van der Waals surface area (Å²) in [4.78, 5) is 4.16. The van der Waals surface area contributed by atoms with E-state index in [9.17, 15) is 0 Å². The molecular weight excluding hydrogens is 162 g/mol. The fourth-order valence-electron chi connectivity index (χ4n) is 1.38. The first kappa shape index (κ1) is 10.3. The van der Waals surface area contributed by atoms with E-state index in [1.165, 1.54) is 5.69 Å². The molecule has 3 nitrogen and oxygen atoms in total. The Kier molecular flexibility index (Phi) is 3.96. The van der Waals surface area contributed by atoms with Crippen LogP contribution in [0.25, 0.3) is 0 Å². The van der Waals surface area contributed by atoms with Gasteiger partial charge in [0.15, 0.2) is 0 Å². The maximum Gasteiger partial charge on any atom is 0.0950 e. The third-order valence-electron chi connectivity index (χ3n) is 2.11. The average Bonchev–Trinajstić information content (AvgIpc) is 2.53. The molecule has 3 heteroatoms. The molecule has 0 fully saturated rings. The molecule has 0 aromatic carbocycles. The zero-order chi connectivity index (χ0) is 9.68. The minimum Gasteiger partial charge on any atom is -0.332 e. The van der Waals surface area contributed by atoms with Gasteiger partial charge >= 0.3 is 0 Å². The molecule has 0 saturated carbocycles. The zero-order valence-corrected chi connectivity index (χ0v) is 8.75. The third-order valence-corrected chi connectivity index (χ3v) is 2.11. The maximum atomic E-state index is 4.16. The molecule has 1 aromatic heterocycles. The molecule has 0 amide bonds. The summed E-state index contributed by atoms with van der Waals surface area (Å²) >= 11 is 0. The minimum atomic E-state index is 0.513. The predicted octanol–water partition coefficient (Wildman–Crippen LogP) is 1.62. The van der Waals surface area contributed by atoms with Crippen molar-refractivity contribution in [1.29, 1.82) is 0 Å². The molecule has 0 aliphatic heterocycles. The Morgan fingerprint density at radius 1 is 1.54 bits per heavy atom. The molecule has 0 aliphatic rings. The number of rotatable bonds is 5. The van der Waals surface area contributed by atoms with Crippen LogP contribution in [0, 0.1) is 0 Å². The second-order valence-corrected chi connectivity index (χ2v) is 3.49. The van der Waals surface area contributed by atoms with Crippen LogP contribution in [0.2, 0.25) is 0 Å². The summed E-state index contributed by atoms with van der Waals surface area (Å²) in [5, 5.41) is 3.31. The summed E-state index contributed by atoms with van der Waals surface area (Å²) in [5.41, 5.74) is 1.32. The molecule has 1 rings (SSSR count). The van der Waals surface area contributed by atoms with E-state index in [-0.39, 0.29) is 0 Å². The SMILES string of the molecule is CCNCCc1cncn1C(C)C. The molecular formula is C10H19N3. The standard InChI is InChI=1S/C10H19N3/c1-4-11-6-5-10-7-12-8-13(10)9(2)3/h7-9,11H,4-6H2,1-3H3. The molecule has 0 atom stereocenters. The Balaban J connectivity index is 2.50. The van der Waals surface area contributed by atoms with Crippen molar-refractivity contribution in [2.24, 2.45) is 0 Å². The van der Waals surface area contributed by atoms with E-state index in [1.807, 2.05) is 12.5 Å². The maximum absolute atomic E-state index is 4.16. The highest BCUT2D eigenvalue weighted by Crippen LogP contribution is 2.08. The van der Waals surface area contributed by atoms with Crippen LogP contribution in [0.1, 0.15) is 32.5 Å². The van der Waals surface area contributed by atoms with Crippen LogP contribution in [-0.2, 0) is 6.42 Å². The third kappa shape index (κ3) is 2.84. The molecule has 1 heterocycles. The number of hydrogen-bond donors (Lipinski definition) is 1. The van der Waals surface area contributed by atoms with Crippen LogP contribution in [-0.4, -0.2) is 22.6 Å². The number of nitrogens with zero attached hydrogens (tertiary/aromatic N) is 2. The lowest BCUT2D eigenvalue weighted by molar-refractivity contribution is 0.564. The van der Waals surface area contributed by atoms with Crippen LogP contribution >= 0.6 is 0 Å². The second kappa shape index (κ2) is 5.02. The monoisotopic (exact) mass is 181 g/mol.